The Morgan fingerprint density at radius 3 is 2.26 bits per heavy atom. The van der Waals surface area contributed by atoms with Crippen LogP contribution in [-0.2, 0) is 4.79 Å². The van der Waals surface area contributed by atoms with Crippen LogP contribution in [0.4, 0.5) is 5.69 Å². The summed E-state index contributed by atoms with van der Waals surface area (Å²) in [6, 6.07) is 34.4. The summed E-state index contributed by atoms with van der Waals surface area (Å²) in [5, 5.41) is 3.97. The van der Waals surface area contributed by atoms with Crippen molar-refractivity contribution in [2.45, 2.75) is 5.16 Å². The van der Waals surface area contributed by atoms with E-state index in [9.17, 15) is 9.59 Å². The summed E-state index contributed by atoms with van der Waals surface area (Å²) in [6.07, 6.45) is 0. The first kappa shape index (κ1) is 21.7. The lowest BCUT2D eigenvalue weighted by molar-refractivity contribution is -0.113. The number of thioether (sulfide) groups is 1. The van der Waals surface area contributed by atoms with Crippen molar-refractivity contribution in [1.29, 1.82) is 0 Å². The number of rotatable bonds is 6. The fraction of sp³-hybridized carbons (Fsp3) is 0.0357. The van der Waals surface area contributed by atoms with Crippen LogP contribution < -0.4 is 10.9 Å². The van der Waals surface area contributed by atoms with E-state index in [1.165, 1.54) is 11.8 Å². The molecule has 166 valence electrons. The smallest absolute Gasteiger partial charge is 0.266 e. The second kappa shape index (κ2) is 9.77. The summed E-state index contributed by atoms with van der Waals surface area (Å²) in [4.78, 5) is 30.7. The van der Waals surface area contributed by atoms with Crippen LogP contribution in [0, 0.1) is 0 Å². The fourth-order valence-corrected chi connectivity index (χ4v) is 4.56. The number of amides is 1. The largest absolute Gasteiger partial charge is 0.325 e. The lowest BCUT2D eigenvalue weighted by Crippen LogP contribution is -2.22. The molecule has 1 amide bonds. The van der Waals surface area contributed by atoms with E-state index in [-0.39, 0.29) is 17.2 Å². The van der Waals surface area contributed by atoms with Crippen molar-refractivity contribution in [3.8, 4) is 16.8 Å². The van der Waals surface area contributed by atoms with Crippen molar-refractivity contribution in [2.75, 3.05) is 11.1 Å². The first-order valence-electron chi connectivity index (χ1n) is 10.8. The predicted octanol–water partition coefficient (Wildman–Crippen LogP) is 5.78. The topological polar surface area (TPSA) is 64.0 Å². The molecule has 0 saturated heterocycles. The van der Waals surface area contributed by atoms with E-state index in [2.05, 4.69) is 5.32 Å². The van der Waals surface area contributed by atoms with Gasteiger partial charge in [-0.25, -0.2) is 4.98 Å². The molecular formula is C28H21N3O2S. The zero-order chi connectivity index (χ0) is 23.3. The quantitative estimate of drug-likeness (QED) is 0.256. The van der Waals surface area contributed by atoms with Crippen LogP contribution in [0.15, 0.2) is 119 Å². The maximum atomic E-state index is 13.3. The SMILES string of the molecule is O=C(CSc1nc2ccccc2c(=O)n1-c1ccccc1)Nc1cccc(-c2ccccc2)c1. The Morgan fingerprint density at radius 1 is 0.794 bits per heavy atom. The standard InChI is InChI=1S/C28H21N3O2S/c32-26(29-22-13-9-12-21(18-22)20-10-3-1-4-11-20)19-34-28-30-25-17-8-7-16-24(25)27(33)31(28)23-14-5-2-6-15-23/h1-18H,19H2,(H,29,32). The molecule has 1 heterocycles. The van der Waals surface area contributed by atoms with Gasteiger partial charge >= 0.3 is 0 Å². The van der Waals surface area contributed by atoms with Crippen molar-refractivity contribution >= 4 is 34.3 Å². The van der Waals surface area contributed by atoms with Crippen LogP contribution in [0.5, 0.6) is 0 Å². The van der Waals surface area contributed by atoms with Gasteiger partial charge in [0.05, 0.1) is 22.3 Å². The molecule has 5 nitrogen and oxygen atoms in total. The normalized spacial score (nSPS) is 10.8. The van der Waals surface area contributed by atoms with Gasteiger partial charge in [-0.3, -0.25) is 14.2 Å². The number of carbonyl (C=O) groups excluding carboxylic acids is 1. The van der Waals surface area contributed by atoms with Gasteiger partial charge in [-0.2, -0.15) is 0 Å². The van der Waals surface area contributed by atoms with E-state index < -0.39 is 0 Å². The zero-order valence-corrected chi connectivity index (χ0v) is 19.0. The van der Waals surface area contributed by atoms with E-state index in [4.69, 9.17) is 4.98 Å². The number of aromatic nitrogens is 2. The summed E-state index contributed by atoms with van der Waals surface area (Å²) in [7, 11) is 0. The van der Waals surface area contributed by atoms with Gasteiger partial charge < -0.3 is 5.32 Å². The molecule has 0 spiro atoms. The zero-order valence-electron chi connectivity index (χ0n) is 18.2. The van der Waals surface area contributed by atoms with Crippen LogP contribution in [-0.4, -0.2) is 21.2 Å². The molecule has 0 bridgehead atoms. The van der Waals surface area contributed by atoms with Crippen LogP contribution in [0.2, 0.25) is 0 Å². The van der Waals surface area contributed by atoms with E-state index >= 15 is 0 Å². The van der Waals surface area contributed by atoms with Crippen molar-refractivity contribution in [2.24, 2.45) is 0 Å². The van der Waals surface area contributed by atoms with Gasteiger partial charge in [0.2, 0.25) is 5.91 Å². The Bertz CT molecular complexity index is 1520. The molecule has 0 aliphatic carbocycles. The van der Waals surface area contributed by atoms with Gasteiger partial charge in [0.25, 0.3) is 5.56 Å². The molecule has 34 heavy (non-hydrogen) atoms. The molecule has 0 fully saturated rings. The second-order valence-corrected chi connectivity index (χ2v) is 8.61. The minimum atomic E-state index is -0.169. The fourth-order valence-electron chi connectivity index (χ4n) is 3.75. The molecule has 0 aliphatic rings. The number of nitrogens with zero attached hydrogens (tertiary/aromatic N) is 2. The third kappa shape index (κ3) is 4.63. The van der Waals surface area contributed by atoms with Crippen molar-refractivity contribution in [1.82, 2.24) is 9.55 Å². The third-order valence-corrected chi connectivity index (χ3v) is 6.28. The third-order valence-electron chi connectivity index (χ3n) is 5.35. The van der Waals surface area contributed by atoms with Crippen LogP contribution in [0.3, 0.4) is 0 Å². The van der Waals surface area contributed by atoms with Gasteiger partial charge in [-0.15, -0.1) is 0 Å². The highest BCUT2D eigenvalue weighted by atomic mass is 32.2. The summed E-state index contributed by atoms with van der Waals surface area (Å²) < 4.78 is 1.57. The Morgan fingerprint density at radius 2 is 1.47 bits per heavy atom. The van der Waals surface area contributed by atoms with E-state index in [0.29, 0.717) is 21.7 Å². The Balaban J connectivity index is 1.39. The Hall–Kier alpha value is -4.16. The minimum Gasteiger partial charge on any atom is -0.325 e. The van der Waals surface area contributed by atoms with Crippen LogP contribution >= 0.6 is 11.8 Å². The van der Waals surface area contributed by atoms with E-state index in [0.717, 1.165) is 16.8 Å². The average molecular weight is 464 g/mol. The number of para-hydroxylation sites is 2. The van der Waals surface area contributed by atoms with Gasteiger partial charge in [0.1, 0.15) is 0 Å². The molecule has 0 saturated carbocycles. The summed E-state index contributed by atoms with van der Waals surface area (Å²) in [5.41, 5.74) is 4.00. The number of carbonyl (C=O) groups is 1. The molecule has 1 aromatic heterocycles. The van der Waals surface area contributed by atoms with Gasteiger partial charge in [-0.1, -0.05) is 84.6 Å². The minimum absolute atomic E-state index is 0.118. The van der Waals surface area contributed by atoms with Crippen LogP contribution in [0.25, 0.3) is 27.7 Å². The summed E-state index contributed by atoms with van der Waals surface area (Å²) in [6.45, 7) is 0. The molecule has 0 aliphatic heterocycles. The Kier molecular flexibility index (Phi) is 6.23. The number of hydrogen-bond donors (Lipinski definition) is 1. The highest BCUT2D eigenvalue weighted by Crippen LogP contribution is 2.24. The lowest BCUT2D eigenvalue weighted by atomic mass is 10.1. The molecule has 0 unspecified atom stereocenters. The molecule has 1 N–H and O–H groups in total. The number of fused-ring (bicyclic) bond motifs is 1. The van der Waals surface area contributed by atoms with E-state index in [1.807, 2.05) is 103 Å². The monoisotopic (exact) mass is 463 g/mol. The molecule has 6 heteroatoms. The first-order chi connectivity index (χ1) is 16.7. The van der Waals surface area contributed by atoms with Crippen molar-refractivity contribution < 1.29 is 4.79 Å². The van der Waals surface area contributed by atoms with Crippen molar-refractivity contribution in [3.05, 3.63) is 120 Å². The number of nitrogens with one attached hydrogen (secondary N) is 1. The maximum Gasteiger partial charge on any atom is 0.266 e. The molecule has 0 radical (unpaired) electrons. The van der Waals surface area contributed by atoms with Gasteiger partial charge in [0, 0.05) is 5.69 Å². The summed E-state index contributed by atoms with van der Waals surface area (Å²) in [5.74, 6) is -0.0510. The number of anilines is 1. The Labute approximate surface area is 201 Å². The molecule has 0 atom stereocenters. The highest BCUT2D eigenvalue weighted by molar-refractivity contribution is 7.99. The molecule has 4 aromatic carbocycles. The molecular weight excluding hydrogens is 442 g/mol. The second-order valence-electron chi connectivity index (χ2n) is 7.67. The van der Waals surface area contributed by atoms with Gasteiger partial charge in [-0.05, 0) is 47.5 Å². The summed E-state index contributed by atoms with van der Waals surface area (Å²) >= 11 is 1.24. The number of benzene rings is 4. The lowest BCUT2D eigenvalue weighted by Gasteiger charge is -2.13. The average Bonchev–Trinajstić information content (AvgIpc) is 2.89. The van der Waals surface area contributed by atoms with Crippen molar-refractivity contribution in [3.63, 3.8) is 0 Å². The van der Waals surface area contributed by atoms with Crippen LogP contribution in [0.1, 0.15) is 0 Å². The van der Waals surface area contributed by atoms with Gasteiger partial charge in [0.15, 0.2) is 5.16 Å². The predicted molar refractivity (Wildman–Crippen MR) is 139 cm³/mol. The maximum absolute atomic E-state index is 13.3. The highest BCUT2D eigenvalue weighted by Gasteiger charge is 2.15. The molecule has 5 rings (SSSR count). The molecule has 5 aromatic rings. The van der Waals surface area contributed by atoms with E-state index in [1.54, 1.807) is 10.6 Å². The number of hydrogen-bond acceptors (Lipinski definition) is 4. The first-order valence-corrected chi connectivity index (χ1v) is 11.8.